The van der Waals surface area contributed by atoms with E-state index in [1.54, 1.807) is 6.07 Å². The van der Waals surface area contributed by atoms with Gasteiger partial charge in [-0.05, 0) is 36.6 Å². The highest BCUT2D eigenvalue weighted by molar-refractivity contribution is 7.89. The van der Waals surface area contributed by atoms with Crippen LogP contribution in [0, 0.1) is 13.8 Å². The summed E-state index contributed by atoms with van der Waals surface area (Å²) in [7, 11) is -3.51. The summed E-state index contributed by atoms with van der Waals surface area (Å²) < 4.78 is 33.4. The van der Waals surface area contributed by atoms with Crippen molar-refractivity contribution in [2.75, 3.05) is 6.54 Å². The van der Waals surface area contributed by atoms with E-state index in [4.69, 9.17) is 4.74 Å². The monoisotopic (exact) mass is 331 g/mol. The van der Waals surface area contributed by atoms with Crippen molar-refractivity contribution in [3.05, 3.63) is 64.7 Å². The molecule has 0 bridgehead atoms. The van der Waals surface area contributed by atoms with Crippen molar-refractivity contribution in [1.29, 1.82) is 0 Å². The third kappa shape index (κ3) is 3.63. The van der Waals surface area contributed by atoms with E-state index in [2.05, 4.69) is 10.8 Å². The molecule has 0 aliphatic carbocycles. The third-order valence-electron chi connectivity index (χ3n) is 4.16. The number of hydrogen-bond donors (Lipinski definition) is 1. The molecule has 1 unspecified atom stereocenters. The molecule has 23 heavy (non-hydrogen) atoms. The van der Waals surface area contributed by atoms with Gasteiger partial charge in [0, 0.05) is 13.0 Å². The van der Waals surface area contributed by atoms with Gasteiger partial charge in [0.1, 0.15) is 0 Å². The van der Waals surface area contributed by atoms with E-state index >= 15 is 0 Å². The van der Waals surface area contributed by atoms with Gasteiger partial charge in [0.25, 0.3) is 0 Å². The molecule has 0 radical (unpaired) electrons. The van der Waals surface area contributed by atoms with E-state index in [0.717, 1.165) is 17.5 Å². The van der Waals surface area contributed by atoms with E-state index in [1.165, 1.54) is 11.1 Å². The van der Waals surface area contributed by atoms with E-state index in [9.17, 15) is 8.42 Å². The molecule has 0 spiro atoms. The minimum Gasteiger partial charge on any atom is -0.372 e. The lowest BCUT2D eigenvalue weighted by Crippen LogP contribution is -2.37. The molecule has 4 nitrogen and oxygen atoms in total. The van der Waals surface area contributed by atoms with Crippen LogP contribution in [0.4, 0.5) is 0 Å². The number of ether oxygens (including phenoxy) is 1. The van der Waals surface area contributed by atoms with Crippen LogP contribution in [0.1, 0.15) is 22.3 Å². The number of nitrogens with one attached hydrogen (secondary N) is 1. The first kappa shape index (κ1) is 16.2. The Balaban J connectivity index is 1.68. The Labute approximate surface area is 137 Å². The maximum Gasteiger partial charge on any atom is 0.240 e. The minimum absolute atomic E-state index is 0.134. The Kier molecular flexibility index (Phi) is 4.53. The molecule has 5 heteroatoms. The quantitative estimate of drug-likeness (QED) is 0.937. The van der Waals surface area contributed by atoms with Gasteiger partial charge in [0.2, 0.25) is 10.0 Å². The summed E-state index contributed by atoms with van der Waals surface area (Å²) in [5.41, 5.74) is 4.22. The summed E-state index contributed by atoms with van der Waals surface area (Å²) in [5.74, 6) is 0. The molecule has 1 N–H and O–H groups in total. The van der Waals surface area contributed by atoms with Crippen LogP contribution in [0.5, 0.6) is 0 Å². The molecule has 0 saturated heterocycles. The van der Waals surface area contributed by atoms with Crippen LogP contribution in [0.25, 0.3) is 0 Å². The first-order chi connectivity index (χ1) is 11.0. The van der Waals surface area contributed by atoms with E-state index < -0.39 is 10.0 Å². The van der Waals surface area contributed by atoms with Crippen LogP contribution in [-0.2, 0) is 27.8 Å². The lowest BCUT2D eigenvalue weighted by molar-refractivity contribution is 0.0322. The highest BCUT2D eigenvalue weighted by Crippen LogP contribution is 2.21. The fraction of sp³-hybridized carbons (Fsp3) is 0.333. The van der Waals surface area contributed by atoms with Crippen LogP contribution in [0.3, 0.4) is 0 Å². The van der Waals surface area contributed by atoms with Gasteiger partial charge < -0.3 is 4.74 Å². The second-order valence-electron chi connectivity index (χ2n) is 6.03. The molecule has 0 amide bonds. The zero-order chi connectivity index (χ0) is 16.4. The molecular weight excluding hydrogens is 310 g/mol. The van der Waals surface area contributed by atoms with Crippen LogP contribution < -0.4 is 4.72 Å². The largest absolute Gasteiger partial charge is 0.372 e. The molecule has 1 aliphatic heterocycles. The molecular formula is C18H21NO3S. The zero-order valence-electron chi connectivity index (χ0n) is 13.4. The topological polar surface area (TPSA) is 55.4 Å². The molecule has 2 aromatic carbocycles. The minimum atomic E-state index is -3.51. The van der Waals surface area contributed by atoms with Crippen molar-refractivity contribution >= 4 is 10.0 Å². The van der Waals surface area contributed by atoms with Gasteiger partial charge in [-0.1, -0.05) is 42.0 Å². The molecule has 1 heterocycles. The Morgan fingerprint density at radius 2 is 1.87 bits per heavy atom. The van der Waals surface area contributed by atoms with E-state index in [1.807, 2.05) is 44.2 Å². The maximum atomic E-state index is 12.5. The average Bonchev–Trinajstić information content (AvgIpc) is 2.52. The molecule has 3 rings (SSSR count). The molecule has 0 saturated carbocycles. The Bertz CT molecular complexity index is 815. The fourth-order valence-electron chi connectivity index (χ4n) is 2.92. The number of sulfonamides is 1. The first-order valence-corrected chi connectivity index (χ1v) is 9.19. The summed E-state index contributed by atoms with van der Waals surface area (Å²) >= 11 is 0. The van der Waals surface area contributed by atoms with Gasteiger partial charge in [-0.3, -0.25) is 0 Å². The lowest BCUT2D eigenvalue weighted by Gasteiger charge is -2.25. The highest BCUT2D eigenvalue weighted by atomic mass is 32.2. The van der Waals surface area contributed by atoms with Crippen molar-refractivity contribution in [3.63, 3.8) is 0 Å². The summed E-state index contributed by atoms with van der Waals surface area (Å²) in [4.78, 5) is 0.333. The smallest absolute Gasteiger partial charge is 0.240 e. The lowest BCUT2D eigenvalue weighted by atomic mass is 9.99. The highest BCUT2D eigenvalue weighted by Gasteiger charge is 2.22. The van der Waals surface area contributed by atoms with Crippen LogP contribution in [-0.4, -0.2) is 21.1 Å². The normalized spacial score (nSPS) is 17.7. The Morgan fingerprint density at radius 3 is 2.61 bits per heavy atom. The van der Waals surface area contributed by atoms with Crippen molar-refractivity contribution < 1.29 is 13.2 Å². The number of hydrogen-bond acceptors (Lipinski definition) is 3. The van der Waals surface area contributed by atoms with Gasteiger partial charge in [-0.2, -0.15) is 0 Å². The van der Waals surface area contributed by atoms with Crippen LogP contribution in [0.2, 0.25) is 0 Å². The number of fused-ring (bicyclic) bond motifs is 1. The summed E-state index contributed by atoms with van der Waals surface area (Å²) in [6.07, 6.45) is 0.594. The average molecular weight is 331 g/mol. The van der Waals surface area contributed by atoms with Crippen LogP contribution in [0.15, 0.2) is 47.4 Å². The second kappa shape index (κ2) is 6.43. The SMILES string of the molecule is Cc1ccc(S(=O)(=O)NCC2Cc3ccccc3CO2)c(C)c1. The summed E-state index contributed by atoms with van der Waals surface area (Å²) in [6, 6.07) is 13.5. The molecule has 0 aromatic heterocycles. The number of rotatable bonds is 4. The number of benzene rings is 2. The predicted molar refractivity (Wildman–Crippen MR) is 89.8 cm³/mol. The van der Waals surface area contributed by atoms with Crippen molar-refractivity contribution in [1.82, 2.24) is 4.72 Å². The molecule has 2 aromatic rings. The summed E-state index contributed by atoms with van der Waals surface area (Å²) in [6.45, 7) is 4.58. The Hall–Kier alpha value is -1.69. The Morgan fingerprint density at radius 1 is 1.13 bits per heavy atom. The maximum absolute atomic E-state index is 12.5. The molecule has 122 valence electrons. The molecule has 0 fully saturated rings. The van der Waals surface area contributed by atoms with Crippen molar-refractivity contribution in [2.24, 2.45) is 0 Å². The van der Waals surface area contributed by atoms with E-state index in [-0.39, 0.29) is 12.6 Å². The van der Waals surface area contributed by atoms with Gasteiger partial charge >= 0.3 is 0 Å². The standard InChI is InChI=1S/C18H21NO3S/c1-13-7-8-18(14(2)9-13)23(20,21)19-11-17-10-15-5-3-4-6-16(15)12-22-17/h3-9,17,19H,10-12H2,1-2H3. The molecule has 1 aliphatic rings. The second-order valence-corrected chi connectivity index (χ2v) is 7.76. The summed E-state index contributed by atoms with van der Waals surface area (Å²) in [5, 5.41) is 0. The molecule has 1 atom stereocenters. The van der Waals surface area contributed by atoms with Gasteiger partial charge in [-0.25, -0.2) is 13.1 Å². The van der Waals surface area contributed by atoms with Crippen molar-refractivity contribution in [3.8, 4) is 0 Å². The van der Waals surface area contributed by atoms with E-state index in [0.29, 0.717) is 11.5 Å². The first-order valence-electron chi connectivity index (χ1n) is 7.71. The van der Waals surface area contributed by atoms with Crippen LogP contribution >= 0.6 is 0 Å². The predicted octanol–water partition coefficient (Wildman–Crippen LogP) is 2.72. The van der Waals surface area contributed by atoms with Crippen molar-refractivity contribution in [2.45, 2.75) is 37.9 Å². The zero-order valence-corrected chi connectivity index (χ0v) is 14.2. The number of aryl methyl sites for hydroxylation is 2. The van der Waals surface area contributed by atoms with Gasteiger partial charge in [0.15, 0.2) is 0 Å². The van der Waals surface area contributed by atoms with Gasteiger partial charge in [-0.15, -0.1) is 0 Å². The van der Waals surface area contributed by atoms with Gasteiger partial charge in [0.05, 0.1) is 17.6 Å². The third-order valence-corrected chi connectivity index (χ3v) is 5.75. The fourth-order valence-corrected chi connectivity index (χ4v) is 4.21.